The van der Waals surface area contributed by atoms with Gasteiger partial charge in [0, 0.05) is 0 Å². The van der Waals surface area contributed by atoms with Gasteiger partial charge in [0.15, 0.2) is 0 Å². The molecule has 0 radical (unpaired) electrons. The SMILES string of the molecule is N#Cc1cccc(C=COB(O)O)c1. The molecule has 0 aliphatic carbocycles. The van der Waals surface area contributed by atoms with E-state index < -0.39 is 7.32 Å². The Morgan fingerprint density at radius 2 is 2.21 bits per heavy atom. The Morgan fingerprint density at radius 1 is 1.43 bits per heavy atom. The number of hydrogen-bond acceptors (Lipinski definition) is 4. The maximum atomic E-state index is 8.59. The zero-order valence-electron chi connectivity index (χ0n) is 7.29. The lowest BCUT2D eigenvalue weighted by Crippen LogP contribution is -2.12. The fourth-order valence-electron chi connectivity index (χ4n) is 0.900. The largest absolute Gasteiger partial charge is 0.707 e. The number of rotatable bonds is 3. The molecule has 0 heterocycles. The van der Waals surface area contributed by atoms with Crippen LogP contribution in [0.3, 0.4) is 0 Å². The van der Waals surface area contributed by atoms with Gasteiger partial charge in [-0.2, -0.15) is 5.26 Å². The van der Waals surface area contributed by atoms with Crippen molar-refractivity contribution in [2.75, 3.05) is 0 Å². The van der Waals surface area contributed by atoms with E-state index in [2.05, 4.69) is 4.65 Å². The molecule has 0 amide bonds. The number of benzene rings is 1. The summed E-state index contributed by atoms with van der Waals surface area (Å²) in [5.41, 5.74) is 1.29. The average Bonchev–Trinajstić information content (AvgIpc) is 2.18. The summed E-state index contributed by atoms with van der Waals surface area (Å²) in [6.07, 6.45) is 2.68. The first-order valence-electron chi connectivity index (χ1n) is 3.90. The van der Waals surface area contributed by atoms with Crippen LogP contribution < -0.4 is 0 Å². The molecule has 1 rings (SSSR count). The number of nitriles is 1. The normalized spacial score (nSPS) is 9.79. The first kappa shape index (κ1) is 10.3. The minimum atomic E-state index is -1.81. The maximum absolute atomic E-state index is 8.59. The van der Waals surface area contributed by atoms with Crippen molar-refractivity contribution in [2.45, 2.75) is 0 Å². The summed E-state index contributed by atoms with van der Waals surface area (Å²) in [7, 11) is -1.81. The van der Waals surface area contributed by atoms with E-state index in [4.69, 9.17) is 15.3 Å². The van der Waals surface area contributed by atoms with Crippen LogP contribution >= 0.6 is 0 Å². The summed E-state index contributed by atoms with van der Waals surface area (Å²) in [4.78, 5) is 0. The molecule has 0 unspecified atom stereocenters. The molecule has 0 aromatic heterocycles. The van der Waals surface area contributed by atoms with Crippen LogP contribution in [0.5, 0.6) is 0 Å². The molecule has 0 bridgehead atoms. The minimum Gasteiger partial charge on any atom is -0.518 e. The van der Waals surface area contributed by atoms with Crippen LogP contribution in [0, 0.1) is 11.3 Å². The van der Waals surface area contributed by atoms with Crippen LogP contribution in [-0.4, -0.2) is 17.4 Å². The highest BCUT2D eigenvalue weighted by atomic mass is 16.6. The van der Waals surface area contributed by atoms with Gasteiger partial charge >= 0.3 is 7.32 Å². The lowest BCUT2D eigenvalue weighted by molar-refractivity contribution is 0.258. The summed E-state index contributed by atoms with van der Waals surface area (Å²) >= 11 is 0. The zero-order chi connectivity index (χ0) is 10.4. The monoisotopic (exact) mass is 189 g/mol. The fourth-order valence-corrected chi connectivity index (χ4v) is 0.900. The van der Waals surface area contributed by atoms with Gasteiger partial charge in [0.05, 0.1) is 17.9 Å². The Balaban J connectivity index is 2.68. The van der Waals surface area contributed by atoms with Gasteiger partial charge in [-0.25, -0.2) is 0 Å². The molecule has 0 spiro atoms. The quantitative estimate of drug-likeness (QED) is 0.536. The van der Waals surface area contributed by atoms with Gasteiger partial charge in [0.1, 0.15) is 0 Å². The Bertz CT molecular complexity index is 371. The summed E-state index contributed by atoms with van der Waals surface area (Å²) in [5, 5.41) is 25.3. The van der Waals surface area contributed by atoms with Gasteiger partial charge in [-0.05, 0) is 23.8 Å². The van der Waals surface area contributed by atoms with Gasteiger partial charge in [-0.1, -0.05) is 12.1 Å². The molecule has 1 aromatic carbocycles. The molecule has 0 aliphatic heterocycles. The number of hydrogen-bond donors (Lipinski definition) is 2. The second kappa shape index (κ2) is 5.07. The van der Waals surface area contributed by atoms with Gasteiger partial charge in [0.2, 0.25) is 0 Å². The lowest BCUT2D eigenvalue weighted by Gasteiger charge is -1.96. The molecule has 0 atom stereocenters. The Kier molecular flexibility index (Phi) is 3.74. The highest BCUT2D eigenvalue weighted by Gasteiger charge is 2.05. The molecule has 0 aliphatic rings. The predicted octanol–water partition coefficient (Wildman–Crippen LogP) is 0.515. The van der Waals surface area contributed by atoms with Gasteiger partial charge in [0.25, 0.3) is 0 Å². The smallest absolute Gasteiger partial charge is 0.518 e. The first-order chi connectivity index (χ1) is 6.72. The third-order valence-corrected chi connectivity index (χ3v) is 1.48. The Labute approximate surface area is 81.9 Å². The lowest BCUT2D eigenvalue weighted by atomic mass is 10.1. The van der Waals surface area contributed by atoms with Gasteiger partial charge < -0.3 is 14.7 Å². The number of nitrogens with zero attached hydrogens (tertiary/aromatic N) is 1. The van der Waals surface area contributed by atoms with Crippen LogP contribution in [0.4, 0.5) is 0 Å². The van der Waals surface area contributed by atoms with Crippen LogP contribution in [0.1, 0.15) is 11.1 Å². The van der Waals surface area contributed by atoms with Gasteiger partial charge in [-0.15, -0.1) is 0 Å². The van der Waals surface area contributed by atoms with Crippen molar-refractivity contribution >= 4 is 13.4 Å². The first-order valence-corrected chi connectivity index (χ1v) is 3.90. The molecule has 1 aromatic rings. The second-order valence-electron chi connectivity index (χ2n) is 2.50. The van der Waals surface area contributed by atoms with Crippen molar-refractivity contribution < 1.29 is 14.7 Å². The average molecular weight is 189 g/mol. The summed E-state index contributed by atoms with van der Waals surface area (Å²) in [5.74, 6) is 0. The van der Waals surface area contributed by atoms with Crippen molar-refractivity contribution in [1.82, 2.24) is 0 Å². The second-order valence-corrected chi connectivity index (χ2v) is 2.50. The molecule has 2 N–H and O–H groups in total. The van der Waals surface area contributed by atoms with E-state index in [9.17, 15) is 0 Å². The molecule has 4 nitrogen and oxygen atoms in total. The standard InChI is InChI=1S/C9H8BNO3/c11-7-9-3-1-2-8(6-9)4-5-14-10(12)13/h1-6,12-13H. The molecular weight excluding hydrogens is 181 g/mol. The Hall–Kier alpha value is -1.77. The third-order valence-electron chi connectivity index (χ3n) is 1.48. The van der Waals surface area contributed by atoms with E-state index in [1.807, 2.05) is 6.07 Å². The van der Waals surface area contributed by atoms with Crippen LogP contribution in [0.15, 0.2) is 30.5 Å². The van der Waals surface area contributed by atoms with Crippen molar-refractivity contribution in [3.05, 3.63) is 41.7 Å². The van der Waals surface area contributed by atoms with E-state index >= 15 is 0 Å². The van der Waals surface area contributed by atoms with E-state index in [1.54, 1.807) is 24.3 Å². The van der Waals surface area contributed by atoms with Gasteiger partial charge in [-0.3, -0.25) is 0 Å². The summed E-state index contributed by atoms with van der Waals surface area (Å²) < 4.78 is 4.37. The minimum absolute atomic E-state index is 0.539. The highest BCUT2D eigenvalue weighted by molar-refractivity contribution is 6.32. The molecule has 0 saturated heterocycles. The van der Waals surface area contributed by atoms with Crippen molar-refractivity contribution in [1.29, 1.82) is 5.26 Å². The predicted molar refractivity (Wildman–Crippen MR) is 51.5 cm³/mol. The van der Waals surface area contributed by atoms with E-state index in [0.29, 0.717) is 5.56 Å². The zero-order valence-corrected chi connectivity index (χ0v) is 7.29. The molecule has 14 heavy (non-hydrogen) atoms. The van der Waals surface area contributed by atoms with Crippen LogP contribution in [-0.2, 0) is 4.65 Å². The van der Waals surface area contributed by atoms with E-state index in [1.165, 1.54) is 6.08 Å². The third kappa shape index (κ3) is 3.31. The molecule has 5 heteroatoms. The molecular formula is C9H8BNO3. The van der Waals surface area contributed by atoms with Crippen LogP contribution in [0.2, 0.25) is 0 Å². The maximum Gasteiger partial charge on any atom is 0.707 e. The fraction of sp³-hybridized carbons (Fsp3) is 0. The highest BCUT2D eigenvalue weighted by Crippen LogP contribution is 2.05. The van der Waals surface area contributed by atoms with Crippen molar-refractivity contribution in [3.63, 3.8) is 0 Å². The summed E-state index contributed by atoms with van der Waals surface area (Å²) in [6.45, 7) is 0. The Morgan fingerprint density at radius 3 is 2.86 bits per heavy atom. The van der Waals surface area contributed by atoms with Crippen molar-refractivity contribution in [2.24, 2.45) is 0 Å². The molecule has 0 fully saturated rings. The van der Waals surface area contributed by atoms with Crippen molar-refractivity contribution in [3.8, 4) is 6.07 Å². The molecule has 0 saturated carbocycles. The molecule has 70 valence electrons. The van der Waals surface area contributed by atoms with Crippen LogP contribution in [0.25, 0.3) is 6.08 Å². The van der Waals surface area contributed by atoms with E-state index in [0.717, 1.165) is 11.8 Å². The topological polar surface area (TPSA) is 73.5 Å². The van der Waals surface area contributed by atoms with E-state index in [-0.39, 0.29) is 0 Å². The summed E-state index contributed by atoms with van der Waals surface area (Å²) in [6, 6.07) is 8.83.